The van der Waals surface area contributed by atoms with Gasteiger partial charge in [0.1, 0.15) is 5.76 Å². The number of hydrogen-bond acceptors (Lipinski definition) is 4. The third-order valence-corrected chi connectivity index (χ3v) is 5.30. The molecule has 0 aliphatic carbocycles. The van der Waals surface area contributed by atoms with E-state index in [0.717, 1.165) is 29.9 Å². The first-order valence-electron chi connectivity index (χ1n) is 9.75. The number of hydrogen-bond donors (Lipinski definition) is 1. The van der Waals surface area contributed by atoms with Gasteiger partial charge in [0.2, 0.25) is 5.91 Å². The number of nitrogens with one attached hydrogen (secondary N) is 1. The summed E-state index contributed by atoms with van der Waals surface area (Å²) in [4.78, 5) is 19.2. The van der Waals surface area contributed by atoms with Crippen molar-refractivity contribution in [2.75, 3.05) is 19.6 Å². The number of aryl methyl sites for hydroxylation is 1. The first kappa shape index (κ1) is 17.8. The SMILES string of the molecule is O=C(CCn1cnc2ccccc21)NCC(c1ccco1)N1CCCCC1. The second kappa shape index (κ2) is 8.39. The monoisotopic (exact) mass is 366 g/mol. The number of fused-ring (bicyclic) bond motifs is 1. The second-order valence-corrected chi connectivity index (χ2v) is 7.11. The number of benzene rings is 1. The van der Waals surface area contributed by atoms with Crippen LogP contribution in [0, 0.1) is 0 Å². The number of carbonyl (C=O) groups is 1. The van der Waals surface area contributed by atoms with Crippen molar-refractivity contribution in [1.82, 2.24) is 19.8 Å². The maximum Gasteiger partial charge on any atom is 0.221 e. The lowest BCUT2D eigenvalue weighted by Gasteiger charge is -2.33. The molecule has 0 radical (unpaired) electrons. The predicted octanol–water partition coefficient (Wildman–Crippen LogP) is 3.36. The molecule has 142 valence electrons. The van der Waals surface area contributed by atoms with Gasteiger partial charge < -0.3 is 14.3 Å². The minimum atomic E-state index is 0.0568. The summed E-state index contributed by atoms with van der Waals surface area (Å²) >= 11 is 0. The zero-order chi connectivity index (χ0) is 18.5. The van der Waals surface area contributed by atoms with Gasteiger partial charge in [0.05, 0.1) is 29.7 Å². The van der Waals surface area contributed by atoms with Crippen molar-refractivity contribution in [3.8, 4) is 0 Å². The molecule has 1 N–H and O–H groups in total. The molecular formula is C21H26N4O2. The second-order valence-electron chi connectivity index (χ2n) is 7.11. The molecule has 3 aromatic rings. The fourth-order valence-corrected chi connectivity index (χ4v) is 3.83. The van der Waals surface area contributed by atoms with Gasteiger partial charge in [0.15, 0.2) is 0 Å². The van der Waals surface area contributed by atoms with Gasteiger partial charge in [-0.15, -0.1) is 0 Å². The first-order valence-corrected chi connectivity index (χ1v) is 9.75. The molecule has 6 nitrogen and oxygen atoms in total. The molecule has 1 aliphatic rings. The van der Waals surface area contributed by atoms with Crippen LogP contribution in [0.5, 0.6) is 0 Å². The van der Waals surface area contributed by atoms with E-state index in [4.69, 9.17) is 4.42 Å². The highest BCUT2D eigenvalue weighted by molar-refractivity contribution is 5.77. The molecular weight excluding hydrogens is 340 g/mol. The highest BCUT2D eigenvalue weighted by Gasteiger charge is 2.24. The van der Waals surface area contributed by atoms with Crippen LogP contribution in [0.1, 0.15) is 37.5 Å². The van der Waals surface area contributed by atoms with Crippen molar-refractivity contribution in [3.63, 3.8) is 0 Å². The van der Waals surface area contributed by atoms with Gasteiger partial charge in [-0.25, -0.2) is 4.98 Å². The van der Waals surface area contributed by atoms with Gasteiger partial charge in [0.25, 0.3) is 0 Å². The Kier molecular flexibility index (Phi) is 5.53. The van der Waals surface area contributed by atoms with Gasteiger partial charge in [-0.2, -0.15) is 0 Å². The molecule has 2 aromatic heterocycles. The molecule has 1 unspecified atom stereocenters. The smallest absolute Gasteiger partial charge is 0.221 e. The summed E-state index contributed by atoms with van der Waals surface area (Å²) in [5, 5.41) is 3.10. The maximum atomic E-state index is 12.4. The van der Waals surface area contributed by atoms with Crippen LogP contribution in [0.3, 0.4) is 0 Å². The van der Waals surface area contributed by atoms with Crippen molar-refractivity contribution in [1.29, 1.82) is 0 Å². The van der Waals surface area contributed by atoms with E-state index >= 15 is 0 Å². The topological polar surface area (TPSA) is 63.3 Å². The van der Waals surface area contributed by atoms with Crippen LogP contribution in [0.2, 0.25) is 0 Å². The van der Waals surface area contributed by atoms with E-state index in [0.29, 0.717) is 19.5 Å². The molecule has 4 rings (SSSR count). The molecule has 27 heavy (non-hydrogen) atoms. The summed E-state index contributed by atoms with van der Waals surface area (Å²) in [6.07, 6.45) is 7.64. The van der Waals surface area contributed by atoms with E-state index in [9.17, 15) is 4.79 Å². The van der Waals surface area contributed by atoms with Crippen LogP contribution in [0.15, 0.2) is 53.4 Å². The van der Waals surface area contributed by atoms with Crippen LogP contribution < -0.4 is 5.32 Å². The molecule has 3 heterocycles. The largest absolute Gasteiger partial charge is 0.468 e. The Morgan fingerprint density at radius 2 is 2.00 bits per heavy atom. The van der Waals surface area contributed by atoms with Crippen molar-refractivity contribution >= 4 is 16.9 Å². The van der Waals surface area contributed by atoms with Crippen LogP contribution in [0.4, 0.5) is 0 Å². The van der Waals surface area contributed by atoms with E-state index in [1.165, 1.54) is 19.3 Å². The van der Waals surface area contributed by atoms with Gasteiger partial charge in [-0.1, -0.05) is 18.6 Å². The number of rotatable bonds is 7. The summed E-state index contributed by atoms with van der Waals surface area (Å²) in [7, 11) is 0. The number of likely N-dealkylation sites (tertiary alicyclic amines) is 1. The summed E-state index contributed by atoms with van der Waals surface area (Å²) in [5.41, 5.74) is 2.02. The minimum Gasteiger partial charge on any atom is -0.468 e. The highest BCUT2D eigenvalue weighted by Crippen LogP contribution is 2.24. The standard InChI is InChI=1S/C21H26N4O2/c26-21(10-13-25-16-23-17-7-2-3-8-18(17)25)22-15-19(20-9-6-14-27-20)24-11-4-1-5-12-24/h2-3,6-9,14,16,19H,1,4-5,10-13,15H2,(H,22,26). The lowest BCUT2D eigenvalue weighted by molar-refractivity contribution is -0.121. The molecule has 1 aliphatic heterocycles. The number of amides is 1. The first-order chi connectivity index (χ1) is 13.3. The Morgan fingerprint density at radius 1 is 1.15 bits per heavy atom. The molecule has 0 spiro atoms. The van der Waals surface area contributed by atoms with Crippen LogP contribution in [-0.4, -0.2) is 40.0 Å². The van der Waals surface area contributed by atoms with E-state index in [-0.39, 0.29) is 11.9 Å². The average Bonchev–Trinajstić information content (AvgIpc) is 3.38. The van der Waals surface area contributed by atoms with Crippen molar-refractivity contribution in [2.24, 2.45) is 0 Å². The third kappa shape index (κ3) is 4.22. The zero-order valence-electron chi connectivity index (χ0n) is 15.5. The zero-order valence-corrected chi connectivity index (χ0v) is 15.5. The van der Waals surface area contributed by atoms with Crippen molar-refractivity contribution in [3.05, 3.63) is 54.7 Å². The van der Waals surface area contributed by atoms with Gasteiger partial charge in [0, 0.05) is 19.5 Å². The lowest BCUT2D eigenvalue weighted by atomic mass is 10.1. The summed E-state index contributed by atoms with van der Waals surface area (Å²) < 4.78 is 7.67. The molecule has 0 saturated carbocycles. The van der Waals surface area contributed by atoms with Gasteiger partial charge >= 0.3 is 0 Å². The summed E-state index contributed by atoms with van der Waals surface area (Å²) in [6, 6.07) is 12.0. The molecule has 1 fully saturated rings. The Bertz CT molecular complexity index is 865. The Hall–Kier alpha value is -2.60. The van der Waals surface area contributed by atoms with E-state index < -0.39 is 0 Å². The van der Waals surface area contributed by atoms with Crippen molar-refractivity contribution in [2.45, 2.75) is 38.3 Å². The van der Waals surface area contributed by atoms with Gasteiger partial charge in [-0.05, 0) is 50.2 Å². The quantitative estimate of drug-likeness (QED) is 0.696. The van der Waals surface area contributed by atoms with Gasteiger partial charge in [-0.3, -0.25) is 9.69 Å². The van der Waals surface area contributed by atoms with Crippen LogP contribution in [0.25, 0.3) is 11.0 Å². The fourth-order valence-electron chi connectivity index (χ4n) is 3.83. The number of carbonyl (C=O) groups excluding carboxylic acids is 1. The average molecular weight is 366 g/mol. The number of imidazole rings is 1. The molecule has 6 heteroatoms. The number of piperidine rings is 1. The third-order valence-electron chi connectivity index (χ3n) is 5.30. The van der Waals surface area contributed by atoms with E-state index in [2.05, 4.69) is 15.2 Å². The normalized spacial score (nSPS) is 16.4. The molecule has 1 atom stereocenters. The molecule has 1 amide bonds. The van der Waals surface area contributed by atoms with Crippen LogP contribution >= 0.6 is 0 Å². The Morgan fingerprint density at radius 3 is 2.81 bits per heavy atom. The number of nitrogens with zero attached hydrogens (tertiary/aromatic N) is 3. The minimum absolute atomic E-state index is 0.0568. The fraction of sp³-hybridized carbons (Fsp3) is 0.429. The maximum absolute atomic E-state index is 12.4. The summed E-state index contributed by atoms with van der Waals surface area (Å²) in [5.74, 6) is 0.985. The Labute approximate surface area is 159 Å². The highest BCUT2D eigenvalue weighted by atomic mass is 16.3. The summed E-state index contributed by atoms with van der Waals surface area (Å²) in [6.45, 7) is 3.32. The molecule has 1 saturated heterocycles. The lowest BCUT2D eigenvalue weighted by Crippen LogP contribution is -2.40. The number of aromatic nitrogens is 2. The van der Waals surface area contributed by atoms with Crippen LogP contribution in [-0.2, 0) is 11.3 Å². The van der Waals surface area contributed by atoms with E-state index in [1.807, 2.05) is 41.0 Å². The molecule has 0 bridgehead atoms. The van der Waals surface area contributed by atoms with E-state index in [1.54, 1.807) is 12.6 Å². The number of para-hydroxylation sites is 2. The number of furan rings is 1. The van der Waals surface area contributed by atoms with Crippen molar-refractivity contribution < 1.29 is 9.21 Å². The Balaban J connectivity index is 1.34. The predicted molar refractivity (Wildman–Crippen MR) is 104 cm³/mol. The molecule has 1 aromatic carbocycles.